The quantitative estimate of drug-likeness (QED) is 0.464. The number of hydrogen-bond acceptors (Lipinski definition) is 4. The molecule has 1 aromatic carbocycles. The molecular weight excluding hydrogens is 437 g/mol. The molecule has 0 N–H and O–H groups in total. The zero-order chi connectivity index (χ0) is 23.5. The summed E-state index contributed by atoms with van der Waals surface area (Å²) in [6.07, 6.45) is -0.0254. The minimum absolute atomic E-state index is 0.0605. The number of aromatic nitrogens is 3. The predicted molar refractivity (Wildman–Crippen MR) is 113 cm³/mol. The normalized spacial score (nSPS) is 16.5. The van der Waals surface area contributed by atoms with E-state index in [1.807, 2.05) is 6.92 Å². The summed E-state index contributed by atoms with van der Waals surface area (Å²) < 4.78 is 48.2. The molecule has 0 fully saturated rings. The van der Waals surface area contributed by atoms with E-state index >= 15 is 0 Å². The third-order valence-electron chi connectivity index (χ3n) is 5.93. The van der Waals surface area contributed by atoms with Crippen LogP contribution in [0.1, 0.15) is 34.2 Å². The maximum atomic E-state index is 13.3. The minimum Gasteiger partial charge on any atom is -0.463 e. The van der Waals surface area contributed by atoms with Crippen LogP contribution in [-0.2, 0) is 19.3 Å². The molecule has 0 unspecified atom stereocenters. The van der Waals surface area contributed by atoms with Gasteiger partial charge in [-0.15, -0.1) is 0 Å². The number of rotatable bonds is 3. The molecule has 3 aromatic heterocycles. The fraction of sp³-hybridized carbons (Fsp3) is 0.261. The van der Waals surface area contributed by atoms with Crippen LogP contribution in [0.15, 0.2) is 58.3 Å². The topological polar surface area (TPSA) is 73.3 Å². The summed E-state index contributed by atoms with van der Waals surface area (Å²) in [5.41, 5.74) is 0.410. The predicted octanol–water partition coefficient (Wildman–Crippen LogP) is 4.15. The minimum atomic E-state index is -4.55. The molecule has 1 atom stereocenters. The van der Waals surface area contributed by atoms with E-state index in [0.29, 0.717) is 16.6 Å². The number of amides is 1. The Labute approximate surface area is 185 Å². The molecule has 1 amide bonds. The van der Waals surface area contributed by atoms with Gasteiger partial charge in [-0.25, -0.2) is 4.98 Å². The molecule has 33 heavy (non-hydrogen) atoms. The Kier molecular flexibility index (Phi) is 4.70. The highest BCUT2D eigenvalue weighted by Gasteiger charge is 2.35. The number of fused-ring (bicyclic) bond motifs is 2. The van der Waals surface area contributed by atoms with E-state index < -0.39 is 11.7 Å². The lowest BCUT2D eigenvalue weighted by Gasteiger charge is -2.35. The molecule has 5 rings (SSSR count). The van der Waals surface area contributed by atoms with Crippen LogP contribution in [0.25, 0.3) is 16.7 Å². The number of alkyl halides is 3. The SMILES string of the molecule is Cc1cn(-c2ccc3n(c2=O)C[C@@H](C)N(Cc2coc4c(C(F)(F)F)cccc24)C3=O)cn1. The van der Waals surface area contributed by atoms with Crippen molar-refractivity contribution in [1.82, 2.24) is 19.0 Å². The lowest BCUT2D eigenvalue weighted by atomic mass is 10.1. The van der Waals surface area contributed by atoms with Crippen LogP contribution in [0.2, 0.25) is 0 Å². The molecule has 0 bridgehead atoms. The molecule has 170 valence electrons. The summed E-state index contributed by atoms with van der Waals surface area (Å²) in [5.74, 6) is -0.375. The smallest absolute Gasteiger partial charge is 0.420 e. The van der Waals surface area contributed by atoms with Gasteiger partial charge in [-0.2, -0.15) is 13.2 Å². The Bertz CT molecular complexity index is 1450. The van der Waals surface area contributed by atoms with Crippen molar-refractivity contribution in [1.29, 1.82) is 0 Å². The Hall–Kier alpha value is -3.82. The molecule has 0 saturated carbocycles. The number of hydrogen-bond donors (Lipinski definition) is 0. The van der Waals surface area contributed by atoms with E-state index in [1.54, 1.807) is 47.1 Å². The van der Waals surface area contributed by atoms with Crippen LogP contribution in [-0.4, -0.2) is 31.0 Å². The summed E-state index contributed by atoms with van der Waals surface area (Å²) in [6, 6.07) is 6.62. The van der Waals surface area contributed by atoms with Crippen LogP contribution < -0.4 is 5.56 Å². The van der Waals surface area contributed by atoms with Crippen molar-refractivity contribution >= 4 is 16.9 Å². The zero-order valence-electron chi connectivity index (χ0n) is 17.8. The number of furan rings is 1. The number of carbonyl (C=O) groups excluding carboxylic acids is 1. The Morgan fingerprint density at radius 2 is 1.97 bits per heavy atom. The van der Waals surface area contributed by atoms with Crippen molar-refractivity contribution in [2.24, 2.45) is 0 Å². The monoisotopic (exact) mass is 456 g/mol. The second-order valence-electron chi connectivity index (χ2n) is 8.16. The van der Waals surface area contributed by atoms with Crippen molar-refractivity contribution in [3.63, 3.8) is 0 Å². The first-order chi connectivity index (χ1) is 15.6. The number of imidazole rings is 1. The van der Waals surface area contributed by atoms with Crippen molar-refractivity contribution in [3.05, 3.63) is 82.0 Å². The molecular formula is C23H19F3N4O3. The molecule has 4 heterocycles. The highest BCUT2D eigenvalue weighted by Crippen LogP contribution is 2.37. The van der Waals surface area contributed by atoms with Crippen molar-refractivity contribution < 1.29 is 22.4 Å². The highest BCUT2D eigenvalue weighted by molar-refractivity contribution is 5.94. The van der Waals surface area contributed by atoms with E-state index in [-0.39, 0.29) is 41.9 Å². The standard InChI is InChI=1S/C23H19F3N4O3/c1-13-8-28(12-27-13)18-6-7-19-22(32)29(14(2)9-30(19)21(18)31)10-15-11-33-20-16(15)4-3-5-17(20)23(24,25)26/h3-8,11-12,14H,9-10H2,1-2H3/t14-/m1/s1. The van der Waals surface area contributed by atoms with Crippen LogP contribution in [0.3, 0.4) is 0 Å². The van der Waals surface area contributed by atoms with Crippen LogP contribution in [0, 0.1) is 6.92 Å². The second kappa shape index (κ2) is 7.36. The summed E-state index contributed by atoms with van der Waals surface area (Å²) in [5, 5.41) is 0.304. The van der Waals surface area contributed by atoms with E-state index in [0.717, 1.165) is 11.8 Å². The number of pyridine rings is 1. The van der Waals surface area contributed by atoms with Gasteiger partial charge in [0.1, 0.15) is 17.0 Å². The molecule has 1 aliphatic heterocycles. The average Bonchev–Trinajstić information content (AvgIpc) is 3.37. The van der Waals surface area contributed by atoms with Gasteiger partial charge >= 0.3 is 6.18 Å². The highest BCUT2D eigenvalue weighted by atomic mass is 19.4. The lowest BCUT2D eigenvalue weighted by Crippen LogP contribution is -2.49. The summed E-state index contributed by atoms with van der Waals surface area (Å²) in [6.45, 7) is 3.92. The fourth-order valence-electron chi connectivity index (χ4n) is 4.26. The van der Waals surface area contributed by atoms with Gasteiger partial charge in [-0.1, -0.05) is 12.1 Å². The van der Waals surface area contributed by atoms with Gasteiger partial charge in [-0.05, 0) is 32.0 Å². The molecule has 10 heteroatoms. The summed E-state index contributed by atoms with van der Waals surface area (Å²) >= 11 is 0. The van der Waals surface area contributed by atoms with Gasteiger partial charge in [0.25, 0.3) is 11.5 Å². The van der Waals surface area contributed by atoms with E-state index in [1.165, 1.54) is 16.9 Å². The summed E-state index contributed by atoms with van der Waals surface area (Å²) in [4.78, 5) is 32.0. The molecule has 0 radical (unpaired) electrons. The largest absolute Gasteiger partial charge is 0.463 e. The Morgan fingerprint density at radius 1 is 1.18 bits per heavy atom. The number of halogens is 3. The van der Waals surface area contributed by atoms with Crippen molar-refractivity contribution in [3.8, 4) is 5.69 Å². The van der Waals surface area contributed by atoms with Gasteiger partial charge in [0.15, 0.2) is 0 Å². The Balaban J connectivity index is 1.50. The van der Waals surface area contributed by atoms with E-state index in [4.69, 9.17) is 4.42 Å². The van der Waals surface area contributed by atoms with Crippen LogP contribution >= 0.6 is 0 Å². The first-order valence-electron chi connectivity index (χ1n) is 10.3. The third-order valence-corrected chi connectivity index (χ3v) is 5.93. The second-order valence-corrected chi connectivity index (χ2v) is 8.16. The number of carbonyl (C=O) groups is 1. The van der Waals surface area contributed by atoms with Gasteiger partial charge < -0.3 is 18.5 Å². The van der Waals surface area contributed by atoms with Crippen LogP contribution in [0.4, 0.5) is 13.2 Å². The Morgan fingerprint density at radius 3 is 2.67 bits per heavy atom. The van der Waals surface area contributed by atoms with Gasteiger partial charge in [0.2, 0.25) is 0 Å². The first kappa shape index (κ1) is 21.0. The number of para-hydroxylation sites is 1. The van der Waals surface area contributed by atoms with Crippen molar-refractivity contribution in [2.45, 2.75) is 39.2 Å². The number of benzene rings is 1. The van der Waals surface area contributed by atoms with E-state index in [2.05, 4.69) is 4.98 Å². The van der Waals surface area contributed by atoms with Crippen molar-refractivity contribution in [2.75, 3.05) is 0 Å². The zero-order valence-corrected chi connectivity index (χ0v) is 17.8. The number of nitrogens with zero attached hydrogens (tertiary/aromatic N) is 4. The van der Waals surface area contributed by atoms with Gasteiger partial charge in [-0.3, -0.25) is 9.59 Å². The van der Waals surface area contributed by atoms with Gasteiger partial charge in [0, 0.05) is 29.7 Å². The molecule has 1 aliphatic rings. The summed E-state index contributed by atoms with van der Waals surface area (Å²) in [7, 11) is 0. The molecule has 0 spiro atoms. The molecule has 4 aromatic rings. The molecule has 0 saturated heterocycles. The first-order valence-corrected chi connectivity index (χ1v) is 10.3. The maximum absolute atomic E-state index is 13.3. The average molecular weight is 456 g/mol. The third kappa shape index (κ3) is 3.42. The molecule has 0 aliphatic carbocycles. The lowest BCUT2D eigenvalue weighted by molar-refractivity contribution is -0.136. The maximum Gasteiger partial charge on any atom is 0.420 e. The van der Waals surface area contributed by atoms with E-state index in [9.17, 15) is 22.8 Å². The number of aryl methyl sites for hydroxylation is 1. The fourth-order valence-corrected chi connectivity index (χ4v) is 4.26. The van der Waals surface area contributed by atoms with Crippen LogP contribution in [0.5, 0.6) is 0 Å². The van der Waals surface area contributed by atoms with Gasteiger partial charge in [0.05, 0.1) is 30.4 Å². The molecule has 7 nitrogen and oxygen atoms in total.